The average molecular weight is 450 g/mol. The van der Waals surface area contributed by atoms with Gasteiger partial charge in [0.2, 0.25) is 0 Å². The van der Waals surface area contributed by atoms with Crippen molar-refractivity contribution >= 4 is 11.9 Å². The molecule has 0 bridgehead atoms. The largest absolute Gasteiger partial charge is 0.480 e. The van der Waals surface area contributed by atoms with Crippen molar-refractivity contribution in [2.75, 3.05) is 6.61 Å². The van der Waals surface area contributed by atoms with E-state index in [1.807, 2.05) is 0 Å². The first-order chi connectivity index (χ1) is 15.9. The Morgan fingerprint density at radius 3 is 2.58 bits per heavy atom. The minimum atomic E-state index is -1.30. The van der Waals surface area contributed by atoms with Crippen LogP contribution in [0.5, 0.6) is 0 Å². The van der Waals surface area contributed by atoms with Gasteiger partial charge in [0.25, 0.3) is 11.5 Å². The lowest BCUT2D eigenvalue weighted by molar-refractivity contribution is -0.143. The Morgan fingerprint density at radius 2 is 1.91 bits per heavy atom. The number of aliphatic hydroxyl groups is 1. The normalized spacial score (nSPS) is 23.3. The number of hydrogen-bond acceptors (Lipinski definition) is 6. The molecule has 1 amide bonds. The van der Waals surface area contributed by atoms with Crippen LogP contribution >= 0.6 is 0 Å². The molecule has 2 aliphatic heterocycles. The van der Waals surface area contributed by atoms with E-state index in [1.54, 1.807) is 12.1 Å². The molecule has 168 valence electrons. The van der Waals surface area contributed by atoms with E-state index < -0.39 is 53.8 Å². The quantitative estimate of drug-likeness (QED) is 0.614. The van der Waals surface area contributed by atoms with Crippen LogP contribution in [0.1, 0.15) is 22.2 Å². The number of carbonyl (C=O) groups excluding carboxylic acids is 1. The third-order valence-electron chi connectivity index (χ3n) is 6.51. The van der Waals surface area contributed by atoms with Gasteiger partial charge in [-0.05, 0) is 18.2 Å². The molecule has 33 heavy (non-hydrogen) atoms. The number of carboxylic acid groups (broad SMARTS) is 1. The highest BCUT2D eigenvalue weighted by Crippen LogP contribution is 2.49. The van der Waals surface area contributed by atoms with Crippen molar-refractivity contribution in [2.45, 2.75) is 18.6 Å². The lowest BCUT2D eigenvalue weighted by Crippen LogP contribution is -2.46. The van der Waals surface area contributed by atoms with Crippen LogP contribution in [0, 0.1) is 17.7 Å². The highest BCUT2D eigenvalue weighted by Gasteiger charge is 2.57. The van der Waals surface area contributed by atoms with Gasteiger partial charge in [-0.2, -0.15) is 0 Å². The predicted octanol–water partition coefficient (Wildman–Crippen LogP) is 1.33. The van der Waals surface area contributed by atoms with E-state index in [9.17, 15) is 29.0 Å². The van der Waals surface area contributed by atoms with Crippen molar-refractivity contribution in [3.8, 4) is 11.1 Å². The number of amides is 1. The van der Waals surface area contributed by atoms with Crippen LogP contribution in [0.2, 0.25) is 0 Å². The molecule has 2 aliphatic rings. The van der Waals surface area contributed by atoms with Crippen LogP contribution in [0.3, 0.4) is 0 Å². The maximum Gasteiger partial charge on any atom is 0.326 e. The van der Waals surface area contributed by atoms with E-state index in [-0.39, 0.29) is 23.4 Å². The van der Waals surface area contributed by atoms with Crippen LogP contribution in [0.4, 0.5) is 4.39 Å². The molecule has 1 aromatic carbocycles. The number of likely N-dealkylation sites (tertiary alicyclic amines) is 1. The number of carbonyl (C=O) groups is 2. The Labute approximate surface area is 186 Å². The standard InChI is InChI=1S/C23H19FN4O5/c24-16-4-2-1-3-12(16)13-5-6-18-19-14(10-27(18)21(13)30)15(11-29)20(23(32)33)28(19)22(31)17-9-25-7-8-26-17/h1-9,14-15,19-20,29H,10-11H2,(H,32,33)/t14-,15-,19+,20-/m1/s1. The fourth-order valence-electron chi connectivity index (χ4n) is 5.12. The number of fused-ring (bicyclic) bond motifs is 3. The van der Waals surface area contributed by atoms with Crippen LogP contribution < -0.4 is 5.56 Å². The summed E-state index contributed by atoms with van der Waals surface area (Å²) < 4.78 is 15.8. The predicted molar refractivity (Wildman–Crippen MR) is 113 cm³/mol. The smallest absolute Gasteiger partial charge is 0.326 e. The number of aromatic nitrogens is 3. The molecule has 0 saturated carbocycles. The van der Waals surface area contributed by atoms with Gasteiger partial charge in [-0.15, -0.1) is 0 Å². The molecular formula is C23H19FN4O5. The van der Waals surface area contributed by atoms with E-state index in [0.29, 0.717) is 5.69 Å². The summed E-state index contributed by atoms with van der Waals surface area (Å²) in [7, 11) is 0. The zero-order chi connectivity index (χ0) is 23.3. The summed E-state index contributed by atoms with van der Waals surface area (Å²) >= 11 is 0. The van der Waals surface area contributed by atoms with Crippen LogP contribution in [0.25, 0.3) is 11.1 Å². The second kappa shape index (κ2) is 7.89. The topological polar surface area (TPSA) is 126 Å². The highest BCUT2D eigenvalue weighted by atomic mass is 19.1. The number of halogens is 1. The first-order valence-corrected chi connectivity index (χ1v) is 10.3. The molecule has 5 rings (SSSR count). The van der Waals surface area contributed by atoms with E-state index in [4.69, 9.17) is 0 Å². The average Bonchev–Trinajstić information content (AvgIpc) is 3.35. The lowest BCUT2D eigenvalue weighted by Gasteiger charge is -2.28. The number of hydrogen-bond donors (Lipinski definition) is 2. The van der Waals surface area contributed by atoms with Gasteiger partial charge < -0.3 is 19.7 Å². The zero-order valence-electron chi connectivity index (χ0n) is 17.2. The minimum Gasteiger partial charge on any atom is -0.480 e. The third-order valence-corrected chi connectivity index (χ3v) is 6.51. The van der Waals surface area contributed by atoms with Crippen molar-refractivity contribution < 1.29 is 24.2 Å². The van der Waals surface area contributed by atoms with Crippen LogP contribution in [-0.2, 0) is 11.3 Å². The molecule has 1 fully saturated rings. The Balaban J connectivity index is 1.65. The van der Waals surface area contributed by atoms with Crippen molar-refractivity contribution in [3.63, 3.8) is 0 Å². The number of rotatable bonds is 4. The van der Waals surface area contributed by atoms with E-state index in [0.717, 1.165) is 0 Å². The van der Waals surface area contributed by atoms with Gasteiger partial charge in [0.1, 0.15) is 17.6 Å². The van der Waals surface area contributed by atoms with Gasteiger partial charge in [0.05, 0.1) is 17.8 Å². The number of nitrogens with zero attached hydrogens (tertiary/aromatic N) is 4. The molecule has 3 aromatic rings. The number of pyridine rings is 1. The highest BCUT2D eigenvalue weighted by molar-refractivity contribution is 5.95. The summed E-state index contributed by atoms with van der Waals surface area (Å²) in [6.45, 7) is -0.383. The second-order valence-corrected chi connectivity index (χ2v) is 8.11. The molecule has 0 unspecified atom stereocenters. The van der Waals surface area contributed by atoms with Crippen molar-refractivity contribution in [3.05, 3.63) is 82.5 Å². The number of aliphatic carboxylic acids is 1. The Bertz CT molecular complexity index is 1310. The molecule has 2 aromatic heterocycles. The molecule has 4 heterocycles. The van der Waals surface area contributed by atoms with Crippen LogP contribution in [-0.4, -0.2) is 54.2 Å². The van der Waals surface area contributed by atoms with Gasteiger partial charge in [-0.3, -0.25) is 14.6 Å². The summed E-state index contributed by atoms with van der Waals surface area (Å²) in [4.78, 5) is 47.8. The maximum atomic E-state index is 14.3. The summed E-state index contributed by atoms with van der Waals surface area (Å²) in [5.74, 6) is -3.75. The van der Waals surface area contributed by atoms with E-state index in [1.165, 1.54) is 52.3 Å². The van der Waals surface area contributed by atoms with Gasteiger partial charge in [-0.25, -0.2) is 14.2 Å². The Hall–Kier alpha value is -3.92. The molecule has 0 radical (unpaired) electrons. The van der Waals surface area contributed by atoms with Crippen molar-refractivity contribution in [2.24, 2.45) is 11.8 Å². The Morgan fingerprint density at radius 1 is 1.12 bits per heavy atom. The summed E-state index contributed by atoms with van der Waals surface area (Å²) in [5, 5.41) is 20.0. The van der Waals surface area contributed by atoms with Gasteiger partial charge in [-0.1, -0.05) is 18.2 Å². The van der Waals surface area contributed by atoms with E-state index in [2.05, 4.69) is 9.97 Å². The SMILES string of the molecule is O=C(O)[C@H]1[C@H](CO)[C@H]2Cn3c(ccc(-c4ccccc4F)c3=O)[C@H]2N1C(=O)c1cnccn1. The molecular weight excluding hydrogens is 431 g/mol. The first-order valence-electron chi connectivity index (χ1n) is 10.3. The van der Waals surface area contributed by atoms with Gasteiger partial charge in [0.15, 0.2) is 0 Å². The number of aliphatic hydroxyl groups excluding tert-OH is 1. The fraction of sp³-hybridized carbons (Fsp3) is 0.261. The maximum absolute atomic E-state index is 14.3. The van der Waals surface area contributed by atoms with Gasteiger partial charge >= 0.3 is 5.97 Å². The zero-order valence-corrected chi connectivity index (χ0v) is 17.2. The van der Waals surface area contributed by atoms with Gasteiger partial charge in [0, 0.05) is 48.6 Å². The fourth-order valence-corrected chi connectivity index (χ4v) is 5.12. The van der Waals surface area contributed by atoms with Crippen molar-refractivity contribution in [1.29, 1.82) is 0 Å². The number of carboxylic acids is 1. The third kappa shape index (κ3) is 3.13. The molecule has 0 spiro atoms. The molecule has 1 saturated heterocycles. The van der Waals surface area contributed by atoms with E-state index >= 15 is 0 Å². The summed E-state index contributed by atoms with van der Waals surface area (Å²) in [6, 6.07) is 6.98. The molecule has 0 aliphatic carbocycles. The summed E-state index contributed by atoms with van der Waals surface area (Å²) in [5.41, 5.74) is 0.278. The van der Waals surface area contributed by atoms with Crippen molar-refractivity contribution in [1.82, 2.24) is 19.4 Å². The molecule has 4 atom stereocenters. The second-order valence-electron chi connectivity index (χ2n) is 8.11. The monoisotopic (exact) mass is 450 g/mol. The van der Waals surface area contributed by atoms with Crippen LogP contribution in [0.15, 0.2) is 59.8 Å². The molecule has 9 nitrogen and oxygen atoms in total. The molecule has 10 heteroatoms. The Kier molecular flexibility index (Phi) is 5.01. The lowest BCUT2D eigenvalue weighted by atomic mass is 9.88. The first kappa shape index (κ1) is 21.0. The minimum absolute atomic E-state index is 0.0372. The number of benzene rings is 1. The summed E-state index contributed by atoms with van der Waals surface area (Å²) in [6.07, 6.45) is 3.96. The molecule has 2 N–H and O–H groups in total.